The molecule has 0 spiro atoms. The van der Waals surface area contributed by atoms with Gasteiger partial charge in [0.1, 0.15) is 11.5 Å². The number of carbonyl (C=O) groups excluding carboxylic acids is 1. The van der Waals surface area contributed by atoms with Crippen LogP contribution in [-0.2, 0) is 6.18 Å². The SMILES string of the molecule is Cc1cccnc1-c1c(C)ccnc1C(=O)N1CC2CCC1C(Nc1ccc(C(F)(F)F)cn1)C2. The van der Waals surface area contributed by atoms with Gasteiger partial charge in [-0.3, -0.25) is 14.8 Å². The number of carbonyl (C=O) groups is 1. The van der Waals surface area contributed by atoms with Crippen molar-refractivity contribution in [2.24, 2.45) is 5.92 Å². The summed E-state index contributed by atoms with van der Waals surface area (Å²) in [5.41, 5.74) is 2.97. The molecular weight excluding hydrogens is 455 g/mol. The predicted octanol–water partition coefficient (Wildman–Crippen LogP) is 5.28. The quantitative estimate of drug-likeness (QED) is 0.549. The Morgan fingerprint density at radius 3 is 2.54 bits per heavy atom. The summed E-state index contributed by atoms with van der Waals surface area (Å²) in [5, 5.41) is 3.29. The molecule has 6 nitrogen and oxygen atoms in total. The number of halogens is 3. The molecule has 3 unspecified atom stereocenters. The first-order valence-electron chi connectivity index (χ1n) is 11.7. The zero-order valence-corrected chi connectivity index (χ0v) is 19.5. The fourth-order valence-corrected chi connectivity index (χ4v) is 5.32. The van der Waals surface area contributed by atoms with Gasteiger partial charge in [-0.25, -0.2) is 4.98 Å². The Labute approximate surface area is 201 Å². The van der Waals surface area contributed by atoms with E-state index < -0.39 is 11.7 Å². The van der Waals surface area contributed by atoms with Crippen molar-refractivity contribution < 1.29 is 18.0 Å². The van der Waals surface area contributed by atoms with E-state index in [-0.39, 0.29) is 18.0 Å². The van der Waals surface area contributed by atoms with Crippen molar-refractivity contribution in [1.29, 1.82) is 0 Å². The van der Waals surface area contributed by atoms with Crippen LogP contribution < -0.4 is 5.32 Å². The van der Waals surface area contributed by atoms with E-state index in [1.807, 2.05) is 36.9 Å². The Kier molecular flexibility index (Phi) is 5.94. The third kappa shape index (κ3) is 4.47. The summed E-state index contributed by atoms with van der Waals surface area (Å²) in [7, 11) is 0. The van der Waals surface area contributed by atoms with Crippen LogP contribution >= 0.6 is 0 Å². The van der Waals surface area contributed by atoms with Crippen molar-refractivity contribution in [1.82, 2.24) is 19.9 Å². The average Bonchev–Trinajstić information content (AvgIpc) is 2.84. The molecule has 3 aliphatic rings. The van der Waals surface area contributed by atoms with Crippen LogP contribution in [0.5, 0.6) is 0 Å². The van der Waals surface area contributed by atoms with E-state index in [4.69, 9.17) is 0 Å². The molecule has 1 aliphatic carbocycles. The second-order valence-electron chi connectivity index (χ2n) is 9.41. The van der Waals surface area contributed by atoms with Gasteiger partial charge in [-0.2, -0.15) is 13.2 Å². The number of rotatable bonds is 4. The van der Waals surface area contributed by atoms with Crippen molar-refractivity contribution in [3.63, 3.8) is 0 Å². The van der Waals surface area contributed by atoms with Gasteiger partial charge >= 0.3 is 6.18 Å². The molecule has 3 atom stereocenters. The molecule has 0 aromatic carbocycles. The van der Waals surface area contributed by atoms with Crippen molar-refractivity contribution in [2.45, 2.75) is 51.4 Å². The monoisotopic (exact) mass is 481 g/mol. The van der Waals surface area contributed by atoms with Crippen molar-refractivity contribution in [2.75, 3.05) is 11.9 Å². The number of hydrogen-bond acceptors (Lipinski definition) is 5. The molecule has 5 heterocycles. The second kappa shape index (κ2) is 8.94. The van der Waals surface area contributed by atoms with Crippen LogP contribution in [0.4, 0.5) is 19.0 Å². The molecule has 2 bridgehead atoms. The van der Waals surface area contributed by atoms with Gasteiger partial charge in [0, 0.05) is 36.7 Å². The Bertz CT molecular complexity index is 1240. The number of anilines is 1. The van der Waals surface area contributed by atoms with Gasteiger partial charge in [-0.15, -0.1) is 0 Å². The normalized spacial score (nSPS) is 21.7. The summed E-state index contributed by atoms with van der Waals surface area (Å²) in [6.45, 7) is 4.55. The van der Waals surface area contributed by atoms with Crippen LogP contribution in [0.3, 0.4) is 0 Å². The molecule has 1 saturated carbocycles. The van der Waals surface area contributed by atoms with Crippen molar-refractivity contribution in [3.05, 3.63) is 71.3 Å². The fraction of sp³-hybridized carbons (Fsp3) is 0.385. The maximum absolute atomic E-state index is 13.9. The standard InChI is InChI=1S/C26H26F3N5O/c1-15-9-11-31-24(22(15)23-16(2)4-3-10-30-23)25(35)34-14-17-5-7-20(34)19(12-17)33-21-8-6-18(13-32-21)26(27,28)29/h3-4,6,8-11,13,17,19-20H,5,7,12,14H2,1-2H3,(H,32,33). The number of nitrogens with zero attached hydrogens (tertiary/aromatic N) is 4. The van der Waals surface area contributed by atoms with E-state index in [0.717, 1.165) is 53.9 Å². The van der Waals surface area contributed by atoms with Gasteiger partial charge in [-0.1, -0.05) is 6.07 Å². The number of aryl methyl sites for hydroxylation is 2. The Morgan fingerprint density at radius 1 is 1.03 bits per heavy atom. The summed E-state index contributed by atoms with van der Waals surface area (Å²) in [4.78, 5) is 28.7. The number of piperidine rings is 2. The van der Waals surface area contributed by atoms with Crippen LogP contribution in [0, 0.1) is 19.8 Å². The zero-order valence-electron chi connectivity index (χ0n) is 19.5. The predicted molar refractivity (Wildman–Crippen MR) is 126 cm³/mol. The van der Waals surface area contributed by atoms with E-state index >= 15 is 0 Å². The Hall–Kier alpha value is -3.49. The number of fused-ring (bicyclic) bond motifs is 3. The minimum Gasteiger partial charge on any atom is -0.365 e. The van der Waals surface area contributed by atoms with Gasteiger partial charge in [-0.05, 0) is 74.4 Å². The highest BCUT2D eigenvalue weighted by molar-refractivity contribution is 6.00. The van der Waals surface area contributed by atoms with Gasteiger partial charge < -0.3 is 10.2 Å². The highest BCUT2D eigenvalue weighted by atomic mass is 19.4. The maximum atomic E-state index is 13.9. The van der Waals surface area contributed by atoms with E-state index in [9.17, 15) is 18.0 Å². The minimum absolute atomic E-state index is 0.0967. The summed E-state index contributed by atoms with van der Waals surface area (Å²) < 4.78 is 38.7. The molecule has 0 radical (unpaired) electrons. The van der Waals surface area contributed by atoms with Crippen LogP contribution in [0.2, 0.25) is 0 Å². The molecule has 9 heteroatoms. The van der Waals surface area contributed by atoms with Gasteiger partial charge in [0.2, 0.25) is 0 Å². The van der Waals surface area contributed by atoms with Gasteiger partial charge in [0.15, 0.2) is 0 Å². The lowest BCUT2D eigenvalue weighted by atomic mass is 9.76. The first-order valence-corrected chi connectivity index (χ1v) is 11.7. The number of aromatic nitrogens is 3. The van der Waals surface area contributed by atoms with E-state index in [0.29, 0.717) is 24.0 Å². The zero-order chi connectivity index (χ0) is 24.7. The molecule has 182 valence electrons. The summed E-state index contributed by atoms with van der Waals surface area (Å²) in [5.74, 6) is 0.539. The molecule has 1 amide bonds. The third-order valence-electron chi connectivity index (χ3n) is 7.07. The van der Waals surface area contributed by atoms with Crippen molar-refractivity contribution in [3.8, 4) is 11.3 Å². The highest BCUT2D eigenvalue weighted by Gasteiger charge is 2.44. The number of pyridine rings is 3. The lowest BCUT2D eigenvalue weighted by Crippen LogP contribution is -2.60. The molecule has 35 heavy (non-hydrogen) atoms. The van der Waals surface area contributed by atoms with E-state index in [1.165, 1.54) is 6.07 Å². The molecule has 3 fully saturated rings. The van der Waals surface area contributed by atoms with Gasteiger partial charge in [0.25, 0.3) is 5.91 Å². The fourth-order valence-electron chi connectivity index (χ4n) is 5.32. The smallest absolute Gasteiger partial charge is 0.365 e. The average molecular weight is 482 g/mol. The Balaban J connectivity index is 1.42. The van der Waals surface area contributed by atoms with Crippen LogP contribution in [0.1, 0.15) is 46.4 Å². The second-order valence-corrected chi connectivity index (χ2v) is 9.41. The van der Waals surface area contributed by atoms with Crippen LogP contribution in [0.25, 0.3) is 11.3 Å². The Morgan fingerprint density at radius 2 is 1.86 bits per heavy atom. The molecule has 6 rings (SSSR count). The molecular formula is C26H26F3N5O. The number of nitrogens with one attached hydrogen (secondary N) is 1. The van der Waals surface area contributed by atoms with Crippen LogP contribution in [0.15, 0.2) is 48.9 Å². The minimum atomic E-state index is -4.43. The summed E-state index contributed by atoms with van der Waals surface area (Å²) >= 11 is 0. The lowest BCUT2D eigenvalue weighted by molar-refractivity contribution is -0.137. The number of hydrogen-bond donors (Lipinski definition) is 1. The topological polar surface area (TPSA) is 71.0 Å². The molecule has 1 N–H and O–H groups in total. The van der Waals surface area contributed by atoms with Gasteiger partial charge in [0.05, 0.1) is 17.3 Å². The van der Waals surface area contributed by atoms with Crippen molar-refractivity contribution >= 4 is 11.7 Å². The molecule has 3 aromatic heterocycles. The maximum Gasteiger partial charge on any atom is 0.417 e. The first-order chi connectivity index (χ1) is 16.7. The molecule has 2 aliphatic heterocycles. The highest BCUT2D eigenvalue weighted by Crippen LogP contribution is 2.39. The third-order valence-corrected chi connectivity index (χ3v) is 7.07. The van der Waals surface area contributed by atoms with E-state index in [1.54, 1.807) is 12.4 Å². The molecule has 3 aromatic rings. The summed E-state index contributed by atoms with van der Waals surface area (Å²) in [6.07, 6.45) is 2.44. The summed E-state index contributed by atoms with van der Waals surface area (Å²) in [6, 6.07) is 7.88. The molecule has 2 saturated heterocycles. The number of amides is 1. The van der Waals surface area contributed by atoms with E-state index in [2.05, 4.69) is 20.3 Å². The van der Waals surface area contributed by atoms with Crippen LogP contribution in [-0.4, -0.2) is 44.4 Å². The lowest BCUT2D eigenvalue weighted by Gasteiger charge is -2.50. The number of alkyl halides is 3. The largest absolute Gasteiger partial charge is 0.417 e. The first kappa shape index (κ1) is 23.3.